The third kappa shape index (κ3) is 5.23. The van der Waals surface area contributed by atoms with Gasteiger partial charge in [0.25, 0.3) is 5.91 Å². The van der Waals surface area contributed by atoms with Gasteiger partial charge in [-0.2, -0.15) is 18.3 Å². The normalized spacial score (nSPS) is 11.4. The molecule has 5 nitrogen and oxygen atoms in total. The smallest absolute Gasteiger partial charge is 0.435 e. The van der Waals surface area contributed by atoms with Crippen molar-refractivity contribution in [3.05, 3.63) is 47.3 Å². The first-order valence-electron chi connectivity index (χ1n) is 7.94. The van der Waals surface area contributed by atoms with Gasteiger partial charge in [0.2, 0.25) is 0 Å². The Labute approximate surface area is 143 Å². The molecule has 1 amide bonds. The number of hydrogen-bond acceptors (Lipinski definition) is 3. The maximum atomic E-state index is 12.6. The van der Waals surface area contributed by atoms with Crippen molar-refractivity contribution in [2.24, 2.45) is 0 Å². The average Bonchev–Trinajstić information content (AvgIpc) is 2.94. The summed E-state index contributed by atoms with van der Waals surface area (Å²) in [5.74, 6) is 0.449. The lowest BCUT2D eigenvalue weighted by atomic mass is 10.2. The number of alkyl halides is 3. The quantitative estimate of drug-likeness (QED) is 0.774. The SMILES string of the molecule is CCOc1ccc(C(=O)NCCCn2nc(C(F)(F)F)cc2C)cc1. The van der Waals surface area contributed by atoms with Gasteiger partial charge in [-0.25, -0.2) is 0 Å². The van der Waals surface area contributed by atoms with Crippen LogP contribution >= 0.6 is 0 Å². The molecule has 0 saturated heterocycles. The molecule has 0 aliphatic heterocycles. The highest BCUT2D eigenvalue weighted by Gasteiger charge is 2.34. The fraction of sp³-hybridized carbons (Fsp3) is 0.412. The zero-order chi connectivity index (χ0) is 18.4. The molecular weight excluding hydrogens is 335 g/mol. The van der Waals surface area contributed by atoms with Crippen LogP contribution in [0.5, 0.6) is 5.75 Å². The van der Waals surface area contributed by atoms with E-state index in [9.17, 15) is 18.0 Å². The minimum absolute atomic E-state index is 0.240. The van der Waals surface area contributed by atoms with Crippen LogP contribution in [0.1, 0.15) is 35.1 Å². The number of carbonyl (C=O) groups excluding carboxylic acids is 1. The van der Waals surface area contributed by atoms with E-state index in [4.69, 9.17) is 4.74 Å². The maximum Gasteiger partial charge on any atom is 0.435 e. The molecule has 0 atom stereocenters. The molecule has 2 rings (SSSR count). The minimum atomic E-state index is -4.45. The van der Waals surface area contributed by atoms with E-state index in [0.29, 0.717) is 43.1 Å². The van der Waals surface area contributed by atoms with E-state index in [1.54, 1.807) is 31.2 Å². The Morgan fingerprint density at radius 3 is 2.52 bits per heavy atom. The summed E-state index contributed by atoms with van der Waals surface area (Å²) in [6, 6.07) is 7.76. The van der Waals surface area contributed by atoms with Crippen LogP contribution < -0.4 is 10.1 Å². The molecule has 0 unspecified atom stereocenters. The molecule has 0 bridgehead atoms. The first kappa shape index (κ1) is 18.8. The molecule has 0 fully saturated rings. The van der Waals surface area contributed by atoms with Crippen LogP contribution in [0.3, 0.4) is 0 Å². The number of hydrogen-bond donors (Lipinski definition) is 1. The third-order valence-corrected chi connectivity index (χ3v) is 3.53. The Morgan fingerprint density at radius 2 is 1.96 bits per heavy atom. The van der Waals surface area contributed by atoms with Gasteiger partial charge in [-0.05, 0) is 50.6 Å². The lowest BCUT2D eigenvalue weighted by molar-refractivity contribution is -0.141. The summed E-state index contributed by atoms with van der Waals surface area (Å²) in [5, 5.41) is 6.28. The van der Waals surface area contributed by atoms with Crippen LogP contribution in [0.15, 0.2) is 30.3 Å². The molecule has 0 radical (unpaired) electrons. The molecule has 1 aromatic carbocycles. The van der Waals surface area contributed by atoms with Gasteiger partial charge in [0.15, 0.2) is 5.69 Å². The summed E-state index contributed by atoms with van der Waals surface area (Å²) in [7, 11) is 0. The number of nitrogens with one attached hydrogen (secondary N) is 1. The molecule has 8 heteroatoms. The molecular formula is C17H20F3N3O2. The van der Waals surface area contributed by atoms with Gasteiger partial charge in [-0.1, -0.05) is 0 Å². The summed E-state index contributed by atoms with van der Waals surface area (Å²) < 4.78 is 44.4. The Bertz CT molecular complexity index is 709. The summed E-state index contributed by atoms with van der Waals surface area (Å²) in [6.45, 7) is 4.63. The molecule has 0 spiro atoms. The van der Waals surface area contributed by atoms with Crippen molar-refractivity contribution in [2.75, 3.05) is 13.2 Å². The summed E-state index contributed by atoms with van der Waals surface area (Å²) in [6.07, 6.45) is -3.97. The molecule has 1 aromatic heterocycles. The molecule has 1 heterocycles. The first-order chi connectivity index (χ1) is 11.8. The highest BCUT2D eigenvalue weighted by Crippen LogP contribution is 2.28. The van der Waals surface area contributed by atoms with Crippen molar-refractivity contribution in [3.63, 3.8) is 0 Å². The second kappa shape index (κ2) is 8.04. The van der Waals surface area contributed by atoms with Gasteiger partial charge < -0.3 is 10.1 Å². The van der Waals surface area contributed by atoms with Gasteiger partial charge in [-0.3, -0.25) is 9.48 Å². The third-order valence-electron chi connectivity index (χ3n) is 3.53. The summed E-state index contributed by atoms with van der Waals surface area (Å²) in [4.78, 5) is 12.0. The number of halogens is 3. The molecule has 1 N–H and O–H groups in total. The molecule has 0 aliphatic rings. The van der Waals surface area contributed by atoms with Crippen LogP contribution in [0.4, 0.5) is 13.2 Å². The van der Waals surface area contributed by atoms with Crippen molar-refractivity contribution < 1.29 is 22.7 Å². The number of ether oxygens (including phenoxy) is 1. The van der Waals surface area contributed by atoms with E-state index in [1.807, 2.05) is 6.92 Å². The number of aryl methyl sites for hydroxylation is 2. The second-order valence-electron chi connectivity index (χ2n) is 5.46. The number of nitrogens with zero attached hydrogens (tertiary/aromatic N) is 2. The first-order valence-corrected chi connectivity index (χ1v) is 7.94. The predicted octanol–water partition coefficient (Wildman–Crippen LogP) is 3.43. The van der Waals surface area contributed by atoms with Crippen molar-refractivity contribution in [3.8, 4) is 5.75 Å². The van der Waals surface area contributed by atoms with Gasteiger partial charge in [0, 0.05) is 24.3 Å². The highest BCUT2D eigenvalue weighted by molar-refractivity contribution is 5.94. The number of amides is 1. The van der Waals surface area contributed by atoms with Gasteiger partial charge in [0.1, 0.15) is 5.75 Å². The largest absolute Gasteiger partial charge is 0.494 e. The Kier molecular flexibility index (Phi) is 6.06. The van der Waals surface area contributed by atoms with E-state index in [-0.39, 0.29) is 5.91 Å². The lowest BCUT2D eigenvalue weighted by Gasteiger charge is -2.08. The van der Waals surface area contributed by atoms with E-state index >= 15 is 0 Å². The van der Waals surface area contributed by atoms with Crippen LogP contribution in [-0.4, -0.2) is 28.8 Å². The number of benzene rings is 1. The minimum Gasteiger partial charge on any atom is -0.494 e. The zero-order valence-corrected chi connectivity index (χ0v) is 14.1. The van der Waals surface area contributed by atoms with Gasteiger partial charge >= 0.3 is 6.18 Å². The van der Waals surface area contributed by atoms with Crippen molar-refractivity contribution in [1.82, 2.24) is 15.1 Å². The highest BCUT2D eigenvalue weighted by atomic mass is 19.4. The number of rotatable bonds is 7. The molecule has 2 aromatic rings. The summed E-state index contributed by atoms with van der Waals surface area (Å²) in [5.41, 5.74) is 0.0340. The topological polar surface area (TPSA) is 56.1 Å². The van der Waals surface area contributed by atoms with E-state index in [1.165, 1.54) is 4.68 Å². The second-order valence-corrected chi connectivity index (χ2v) is 5.46. The molecule has 25 heavy (non-hydrogen) atoms. The lowest BCUT2D eigenvalue weighted by Crippen LogP contribution is -2.25. The number of carbonyl (C=O) groups is 1. The fourth-order valence-corrected chi connectivity index (χ4v) is 2.28. The van der Waals surface area contributed by atoms with Crippen molar-refractivity contribution in [1.29, 1.82) is 0 Å². The van der Waals surface area contributed by atoms with Crippen LogP contribution in [0.25, 0.3) is 0 Å². The average molecular weight is 355 g/mol. The van der Waals surface area contributed by atoms with E-state index < -0.39 is 11.9 Å². The Hall–Kier alpha value is -2.51. The van der Waals surface area contributed by atoms with E-state index in [0.717, 1.165) is 6.07 Å². The van der Waals surface area contributed by atoms with Crippen LogP contribution in [-0.2, 0) is 12.7 Å². The summed E-state index contributed by atoms with van der Waals surface area (Å²) >= 11 is 0. The molecule has 0 saturated carbocycles. The van der Waals surface area contributed by atoms with Crippen molar-refractivity contribution >= 4 is 5.91 Å². The van der Waals surface area contributed by atoms with Crippen molar-refractivity contribution in [2.45, 2.75) is 33.0 Å². The monoisotopic (exact) mass is 355 g/mol. The standard InChI is InChI=1S/C17H20F3N3O2/c1-3-25-14-7-5-13(6-8-14)16(24)21-9-4-10-23-12(2)11-15(22-23)17(18,19)20/h5-8,11H,3-4,9-10H2,1-2H3,(H,21,24). The van der Waals surface area contributed by atoms with Gasteiger partial charge in [0.05, 0.1) is 6.61 Å². The Morgan fingerprint density at radius 1 is 1.28 bits per heavy atom. The Balaban J connectivity index is 1.81. The fourth-order valence-electron chi connectivity index (χ4n) is 2.28. The van der Waals surface area contributed by atoms with Crippen LogP contribution in [0.2, 0.25) is 0 Å². The van der Waals surface area contributed by atoms with Crippen LogP contribution in [0, 0.1) is 6.92 Å². The van der Waals surface area contributed by atoms with E-state index in [2.05, 4.69) is 10.4 Å². The predicted molar refractivity (Wildman–Crippen MR) is 86.5 cm³/mol. The number of aromatic nitrogens is 2. The zero-order valence-electron chi connectivity index (χ0n) is 14.1. The maximum absolute atomic E-state index is 12.6. The molecule has 0 aliphatic carbocycles. The van der Waals surface area contributed by atoms with Gasteiger partial charge in [-0.15, -0.1) is 0 Å². The molecule has 136 valence electrons.